The van der Waals surface area contributed by atoms with E-state index in [1.807, 2.05) is 0 Å². The summed E-state index contributed by atoms with van der Waals surface area (Å²) < 4.78 is 0. The molecule has 1 saturated heterocycles. The summed E-state index contributed by atoms with van der Waals surface area (Å²) in [6, 6.07) is 9.08. The predicted molar refractivity (Wildman–Crippen MR) is 88.3 cm³/mol. The highest BCUT2D eigenvalue weighted by atomic mass is 15.1. The minimum Gasteiger partial charge on any atom is -0.300 e. The molecule has 110 valence electrons. The van der Waals surface area contributed by atoms with Crippen molar-refractivity contribution < 1.29 is 0 Å². The Morgan fingerprint density at radius 3 is 2.20 bits per heavy atom. The number of allylic oxidation sites excluding steroid dienone is 1. The van der Waals surface area contributed by atoms with E-state index in [9.17, 15) is 0 Å². The van der Waals surface area contributed by atoms with Gasteiger partial charge >= 0.3 is 0 Å². The molecule has 1 fully saturated rings. The summed E-state index contributed by atoms with van der Waals surface area (Å²) in [4.78, 5) is 2.56. The van der Waals surface area contributed by atoms with Gasteiger partial charge in [-0.15, -0.1) is 0 Å². The van der Waals surface area contributed by atoms with Gasteiger partial charge in [-0.1, -0.05) is 63.6 Å². The summed E-state index contributed by atoms with van der Waals surface area (Å²) in [7, 11) is 0. The lowest BCUT2D eigenvalue weighted by Gasteiger charge is -2.24. The monoisotopic (exact) mass is 271 g/mol. The van der Waals surface area contributed by atoms with E-state index in [4.69, 9.17) is 0 Å². The Balaban J connectivity index is 1.78. The molecule has 1 aromatic rings. The van der Waals surface area contributed by atoms with Gasteiger partial charge in [0.1, 0.15) is 0 Å². The third-order valence-electron chi connectivity index (χ3n) is 4.15. The zero-order chi connectivity index (χ0) is 14.4. The summed E-state index contributed by atoms with van der Waals surface area (Å²) >= 11 is 0. The molecule has 0 radical (unpaired) electrons. The van der Waals surface area contributed by atoms with E-state index in [-0.39, 0.29) is 5.41 Å². The van der Waals surface area contributed by atoms with Crippen LogP contribution in [-0.2, 0) is 11.8 Å². The third-order valence-corrected chi connectivity index (χ3v) is 4.15. The summed E-state index contributed by atoms with van der Waals surface area (Å²) in [6.07, 6.45) is 9.88. The number of piperidine rings is 1. The molecule has 0 saturated carbocycles. The van der Waals surface area contributed by atoms with Crippen LogP contribution >= 0.6 is 0 Å². The molecular formula is C19H29N. The number of hydrogen-bond donors (Lipinski definition) is 0. The smallest absolute Gasteiger partial charge is 0.0163 e. The molecule has 1 heteroatoms. The summed E-state index contributed by atoms with van der Waals surface area (Å²) in [5.41, 5.74) is 3.08. The first kappa shape index (κ1) is 15.3. The van der Waals surface area contributed by atoms with E-state index in [0.717, 1.165) is 13.0 Å². The Hall–Kier alpha value is -1.08. The first-order valence-electron chi connectivity index (χ1n) is 8.02. The van der Waals surface area contributed by atoms with E-state index in [2.05, 4.69) is 62.1 Å². The van der Waals surface area contributed by atoms with E-state index >= 15 is 0 Å². The second-order valence-electron chi connectivity index (χ2n) is 6.98. The zero-order valence-electron chi connectivity index (χ0n) is 13.4. The van der Waals surface area contributed by atoms with Crippen molar-refractivity contribution in [1.29, 1.82) is 0 Å². The summed E-state index contributed by atoms with van der Waals surface area (Å²) in [5, 5.41) is 0. The van der Waals surface area contributed by atoms with Gasteiger partial charge in [-0.05, 0) is 48.9 Å². The SMILES string of the molecule is CC(C)(C)c1ccc(C/C=C/CN2CCCCC2)cc1. The van der Waals surface area contributed by atoms with Crippen LogP contribution in [0.3, 0.4) is 0 Å². The molecule has 0 spiro atoms. The minimum atomic E-state index is 0.253. The average molecular weight is 271 g/mol. The Morgan fingerprint density at radius 1 is 0.950 bits per heavy atom. The van der Waals surface area contributed by atoms with Crippen molar-refractivity contribution in [2.45, 2.75) is 51.9 Å². The topological polar surface area (TPSA) is 3.24 Å². The molecule has 0 aromatic heterocycles. The van der Waals surface area contributed by atoms with Crippen molar-refractivity contribution in [1.82, 2.24) is 4.90 Å². The highest BCUT2D eigenvalue weighted by Gasteiger charge is 2.12. The Labute approximate surface area is 124 Å². The number of nitrogens with zero attached hydrogens (tertiary/aromatic N) is 1. The molecule has 0 aliphatic carbocycles. The van der Waals surface area contributed by atoms with Gasteiger partial charge in [0.25, 0.3) is 0 Å². The normalized spacial score (nSPS) is 17.8. The molecule has 0 atom stereocenters. The third kappa shape index (κ3) is 4.79. The van der Waals surface area contributed by atoms with Gasteiger partial charge in [-0.3, -0.25) is 4.90 Å². The van der Waals surface area contributed by atoms with Crippen LogP contribution in [-0.4, -0.2) is 24.5 Å². The molecule has 0 unspecified atom stereocenters. The van der Waals surface area contributed by atoms with Gasteiger partial charge in [0.2, 0.25) is 0 Å². The van der Waals surface area contributed by atoms with Crippen LogP contribution in [0, 0.1) is 0 Å². The van der Waals surface area contributed by atoms with Crippen LogP contribution in [0.2, 0.25) is 0 Å². The van der Waals surface area contributed by atoms with Crippen molar-refractivity contribution in [3.05, 3.63) is 47.5 Å². The number of rotatable bonds is 4. The fraction of sp³-hybridized carbons (Fsp3) is 0.579. The fourth-order valence-electron chi connectivity index (χ4n) is 2.73. The van der Waals surface area contributed by atoms with Gasteiger partial charge in [0, 0.05) is 6.54 Å². The van der Waals surface area contributed by atoms with E-state index in [0.29, 0.717) is 0 Å². The lowest BCUT2D eigenvalue weighted by atomic mass is 9.86. The molecule has 0 amide bonds. The van der Waals surface area contributed by atoms with Crippen molar-refractivity contribution in [2.75, 3.05) is 19.6 Å². The van der Waals surface area contributed by atoms with Crippen LogP contribution in [0.1, 0.15) is 51.2 Å². The fourth-order valence-corrected chi connectivity index (χ4v) is 2.73. The van der Waals surface area contributed by atoms with Crippen molar-refractivity contribution in [3.63, 3.8) is 0 Å². The first-order chi connectivity index (χ1) is 9.55. The van der Waals surface area contributed by atoms with Gasteiger partial charge in [0.05, 0.1) is 0 Å². The Kier molecular flexibility index (Phi) is 5.42. The van der Waals surface area contributed by atoms with Crippen LogP contribution in [0.5, 0.6) is 0 Å². The maximum Gasteiger partial charge on any atom is 0.0163 e. The zero-order valence-corrected chi connectivity index (χ0v) is 13.4. The molecule has 0 bridgehead atoms. The summed E-state index contributed by atoms with van der Waals surface area (Å²) in [6.45, 7) is 10.5. The maximum absolute atomic E-state index is 2.56. The standard InChI is InChI=1S/C19H29N/c1-19(2,3)18-12-10-17(11-13-18)9-5-8-16-20-14-6-4-7-15-20/h5,8,10-13H,4,6-7,9,14-16H2,1-3H3/b8-5+. The van der Waals surface area contributed by atoms with Crippen LogP contribution in [0.25, 0.3) is 0 Å². The van der Waals surface area contributed by atoms with E-state index < -0.39 is 0 Å². The van der Waals surface area contributed by atoms with Gasteiger partial charge in [-0.2, -0.15) is 0 Å². The largest absolute Gasteiger partial charge is 0.300 e. The van der Waals surface area contributed by atoms with Crippen LogP contribution < -0.4 is 0 Å². The van der Waals surface area contributed by atoms with Gasteiger partial charge in [0.15, 0.2) is 0 Å². The van der Waals surface area contributed by atoms with Crippen molar-refractivity contribution >= 4 is 0 Å². The van der Waals surface area contributed by atoms with Crippen LogP contribution in [0.4, 0.5) is 0 Å². The number of hydrogen-bond acceptors (Lipinski definition) is 1. The highest BCUT2D eigenvalue weighted by molar-refractivity contribution is 5.28. The summed E-state index contributed by atoms with van der Waals surface area (Å²) in [5.74, 6) is 0. The second-order valence-corrected chi connectivity index (χ2v) is 6.98. The second kappa shape index (κ2) is 7.08. The molecule has 1 aromatic carbocycles. The Bertz CT molecular complexity index is 416. The first-order valence-corrected chi connectivity index (χ1v) is 8.02. The molecule has 1 nitrogen and oxygen atoms in total. The predicted octanol–water partition coefficient (Wildman–Crippen LogP) is 4.57. The molecule has 20 heavy (non-hydrogen) atoms. The van der Waals surface area contributed by atoms with E-state index in [1.54, 1.807) is 0 Å². The minimum absolute atomic E-state index is 0.253. The average Bonchev–Trinajstić information content (AvgIpc) is 2.44. The molecule has 1 aliphatic heterocycles. The number of benzene rings is 1. The molecule has 2 rings (SSSR count). The van der Waals surface area contributed by atoms with E-state index in [1.165, 1.54) is 43.5 Å². The van der Waals surface area contributed by atoms with Gasteiger partial charge in [-0.25, -0.2) is 0 Å². The molecule has 1 heterocycles. The van der Waals surface area contributed by atoms with Crippen molar-refractivity contribution in [2.24, 2.45) is 0 Å². The molecular weight excluding hydrogens is 242 g/mol. The lowest BCUT2D eigenvalue weighted by Crippen LogP contribution is -2.29. The van der Waals surface area contributed by atoms with Crippen molar-refractivity contribution in [3.8, 4) is 0 Å². The quantitative estimate of drug-likeness (QED) is 0.725. The molecule has 1 aliphatic rings. The van der Waals surface area contributed by atoms with Gasteiger partial charge < -0.3 is 0 Å². The molecule has 0 N–H and O–H groups in total. The number of likely N-dealkylation sites (tertiary alicyclic amines) is 1. The highest BCUT2D eigenvalue weighted by Crippen LogP contribution is 2.22. The lowest BCUT2D eigenvalue weighted by molar-refractivity contribution is 0.251. The maximum atomic E-state index is 2.56. The Morgan fingerprint density at radius 2 is 1.60 bits per heavy atom. The van der Waals surface area contributed by atoms with Crippen LogP contribution in [0.15, 0.2) is 36.4 Å².